The lowest BCUT2D eigenvalue weighted by atomic mass is 9.94. The molecule has 1 fully saturated rings. The van der Waals surface area contributed by atoms with E-state index in [2.05, 4.69) is 6.92 Å². The number of carbonyl (C=O) groups is 2. The fraction of sp³-hybridized carbons (Fsp3) is 0.333. The maximum Gasteiger partial charge on any atom is 0.295 e. The predicted molar refractivity (Wildman–Crippen MR) is 119 cm³/mol. The normalized spacial score (nSPS) is 17.9. The van der Waals surface area contributed by atoms with Crippen molar-refractivity contribution in [3.05, 3.63) is 69.8 Å². The van der Waals surface area contributed by atoms with E-state index in [9.17, 15) is 14.7 Å². The number of hydrogen-bond acceptors (Lipinski definition) is 5. The lowest BCUT2D eigenvalue weighted by Crippen LogP contribution is -2.31. The third-order valence-corrected chi connectivity index (χ3v) is 5.73. The third kappa shape index (κ3) is 4.60. The molecule has 0 bridgehead atoms. The topological polar surface area (TPSA) is 76.1 Å². The Morgan fingerprint density at radius 2 is 1.84 bits per heavy atom. The molecule has 31 heavy (non-hydrogen) atoms. The number of methoxy groups -OCH3 is 2. The Hall–Kier alpha value is -2.83. The summed E-state index contributed by atoms with van der Waals surface area (Å²) in [6.07, 6.45) is 1.45. The fourth-order valence-corrected chi connectivity index (χ4v) is 3.93. The van der Waals surface area contributed by atoms with E-state index in [1.54, 1.807) is 25.3 Å². The molecule has 0 saturated carbocycles. The van der Waals surface area contributed by atoms with Crippen molar-refractivity contribution >= 4 is 29.1 Å². The van der Waals surface area contributed by atoms with Gasteiger partial charge in [-0.25, -0.2) is 0 Å². The summed E-state index contributed by atoms with van der Waals surface area (Å²) in [4.78, 5) is 27.4. The fourth-order valence-electron chi connectivity index (χ4n) is 3.73. The first-order chi connectivity index (χ1) is 14.9. The smallest absolute Gasteiger partial charge is 0.295 e. The zero-order valence-corrected chi connectivity index (χ0v) is 18.6. The first-order valence-corrected chi connectivity index (χ1v) is 10.5. The molecule has 3 rings (SSSR count). The number of ether oxygens (including phenoxy) is 2. The minimum atomic E-state index is -0.714. The molecule has 0 aliphatic carbocycles. The molecule has 1 aliphatic heterocycles. The van der Waals surface area contributed by atoms with Gasteiger partial charge < -0.3 is 19.5 Å². The predicted octanol–water partition coefficient (Wildman–Crippen LogP) is 4.37. The number of carbonyl (C=O) groups excluding carboxylic acids is 2. The number of likely N-dealkylation sites (tertiary alicyclic amines) is 1. The number of aliphatic hydroxyl groups is 1. The SMILES string of the molecule is CCc1ccc(C2/C(=C(/O)c3ccc(Cl)c(OC)c3)C(=O)C(=O)N2CCCOC)cc1. The number of halogens is 1. The Labute approximate surface area is 187 Å². The molecule has 1 saturated heterocycles. The number of hydrogen-bond donors (Lipinski definition) is 1. The lowest BCUT2D eigenvalue weighted by molar-refractivity contribution is -0.140. The van der Waals surface area contributed by atoms with Gasteiger partial charge in [0, 0.05) is 25.8 Å². The molecule has 1 N–H and O–H groups in total. The third-order valence-electron chi connectivity index (χ3n) is 5.42. The Bertz CT molecular complexity index is 1000. The number of aryl methyl sites for hydroxylation is 1. The molecule has 164 valence electrons. The van der Waals surface area contributed by atoms with Crippen molar-refractivity contribution in [2.24, 2.45) is 0 Å². The number of ketones is 1. The van der Waals surface area contributed by atoms with Gasteiger partial charge in [-0.2, -0.15) is 0 Å². The van der Waals surface area contributed by atoms with Gasteiger partial charge in [0.15, 0.2) is 0 Å². The number of benzene rings is 2. The summed E-state index contributed by atoms with van der Waals surface area (Å²) in [6, 6.07) is 11.8. The minimum absolute atomic E-state index is 0.0519. The van der Waals surface area contributed by atoms with Crippen molar-refractivity contribution in [3.63, 3.8) is 0 Å². The molecule has 1 amide bonds. The number of nitrogens with zero attached hydrogens (tertiary/aromatic N) is 1. The van der Waals surface area contributed by atoms with Crippen molar-refractivity contribution in [1.29, 1.82) is 0 Å². The van der Waals surface area contributed by atoms with Crippen molar-refractivity contribution in [3.8, 4) is 5.75 Å². The molecular weight excluding hydrogens is 418 g/mol. The van der Waals surface area contributed by atoms with Crippen molar-refractivity contribution in [2.45, 2.75) is 25.8 Å². The summed E-state index contributed by atoms with van der Waals surface area (Å²) in [7, 11) is 3.05. The molecule has 7 heteroatoms. The molecule has 1 heterocycles. The van der Waals surface area contributed by atoms with Crippen LogP contribution in [0.2, 0.25) is 5.02 Å². The highest BCUT2D eigenvalue weighted by Gasteiger charge is 2.45. The van der Waals surface area contributed by atoms with Crippen LogP contribution in [0.5, 0.6) is 5.75 Å². The first kappa shape index (κ1) is 22.8. The van der Waals surface area contributed by atoms with E-state index in [0.717, 1.165) is 17.5 Å². The van der Waals surface area contributed by atoms with E-state index in [-0.39, 0.29) is 11.3 Å². The van der Waals surface area contributed by atoms with Gasteiger partial charge >= 0.3 is 0 Å². The average Bonchev–Trinajstić information content (AvgIpc) is 3.04. The van der Waals surface area contributed by atoms with Gasteiger partial charge in [0.25, 0.3) is 11.7 Å². The number of rotatable bonds is 8. The van der Waals surface area contributed by atoms with E-state index >= 15 is 0 Å². The molecular formula is C24H26ClNO5. The first-order valence-electron chi connectivity index (χ1n) is 10.1. The maximum absolute atomic E-state index is 13.0. The maximum atomic E-state index is 13.0. The molecule has 0 aromatic heterocycles. The van der Waals surface area contributed by atoms with E-state index < -0.39 is 17.7 Å². The minimum Gasteiger partial charge on any atom is -0.507 e. The van der Waals surface area contributed by atoms with Gasteiger partial charge in [0.2, 0.25) is 0 Å². The lowest BCUT2D eigenvalue weighted by Gasteiger charge is -2.25. The zero-order chi connectivity index (χ0) is 22.5. The highest BCUT2D eigenvalue weighted by molar-refractivity contribution is 6.46. The van der Waals surface area contributed by atoms with Crippen LogP contribution in [0.1, 0.15) is 36.1 Å². The van der Waals surface area contributed by atoms with Crippen molar-refractivity contribution in [2.75, 3.05) is 27.4 Å². The molecule has 2 aromatic carbocycles. The Morgan fingerprint density at radius 1 is 1.13 bits per heavy atom. The Kier molecular flexibility index (Phi) is 7.36. The summed E-state index contributed by atoms with van der Waals surface area (Å²) in [5, 5.41) is 11.5. The van der Waals surface area contributed by atoms with Crippen LogP contribution in [0.15, 0.2) is 48.0 Å². The van der Waals surface area contributed by atoms with E-state index in [1.807, 2.05) is 24.3 Å². The van der Waals surface area contributed by atoms with Gasteiger partial charge in [-0.05, 0) is 42.2 Å². The monoisotopic (exact) mass is 443 g/mol. The van der Waals surface area contributed by atoms with E-state index in [4.69, 9.17) is 21.1 Å². The number of Topliss-reactive ketones (excluding diaryl/α,β-unsaturated/α-hetero) is 1. The van der Waals surface area contributed by atoms with Crippen LogP contribution < -0.4 is 4.74 Å². The molecule has 1 atom stereocenters. The molecule has 6 nitrogen and oxygen atoms in total. The highest BCUT2D eigenvalue weighted by Crippen LogP contribution is 2.40. The largest absolute Gasteiger partial charge is 0.507 e. The molecule has 0 spiro atoms. The van der Waals surface area contributed by atoms with Crippen LogP contribution in [0, 0.1) is 0 Å². The summed E-state index contributed by atoms with van der Waals surface area (Å²) in [6.45, 7) is 2.85. The van der Waals surface area contributed by atoms with Crippen molar-refractivity contribution < 1.29 is 24.2 Å². The van der Waals surface area contributed by atoms with Gasteiger partial charge in [-0.1, -0.05) is 42.8 Å². The van der Waals surface area contributed by atoms with Crippen LogP contribution in [-0.2, 0) is 20.7 Å². The second-order valence-corrected chi connectivity index (χ2v) is 7.69. The molecule has 1 unspecified atom stereocenters. The Balaban J connectivity index is 2.13. The number of amides is 1. The van der Waals surface area contributed by atoms with Crippen LogP contribution in [0.4, 0.5) is 0 Å². The average molecular weight is 444 g/mol. The quantitative estimate of drug-likeness (QED) is 0.284. The van der Waals surface area contributed by atoms with Crippen molar-refractivity contribution in [1.82, 2.24) is 4.90 Å². The summed E-state index contributed by atoms with van der Waals surface area (Å²) in [5.74, 6) is -1.24. The summed E-state index contributed by atoms with van der Waals surface area (Å²) in [5.41, 5.74) is 2.31. The van der Waals surface area contributed by atoms with Crippen LogP contribution in [0.3, 0.4) is 0 Å². The summed E-state index contributed by atoms with van der Waals surface area (Å²) < 4.78 is 10.3. The van der Waals surface area contributed by atoms with Gasteiger partial charge in [-0.15, -0.1) is 0 Å². The Morgan fingerprint density at radius 3 is 2.45 bits per heavy atom. The molecule has 1 aliphatic rings. The number of aliphatic hydroxyl groups excluding tert-OH is 1. The second-order valence-electron chi connectivity index (χ2n) is 7.28. The van der Waals surface area contributed by atoms with Gasteiger partial charge in [0.1, 0.15) is 11.5 Å². The van der Waals surface area contributed by atoms with E-state index in [0.29, 0.717) is 35.9 Å². The highest BCUT2D eigenvalue weighted by atomic mass is 35.5. The molecule has 0 radical (unpaired) electrons. The van der Waals surface area contributed by atoms with Crippen LogP contribution >= 0.6 is 11.6 Å². The van der Waals surface area contributed by atoms with Gasteiger partial charge in [0.05, 0.1) is 23.7 Å². The zero-order valence-electron chi connectivity index (χ0n) is 17.9. The second kappa shape index (κ2) is 9.98. The summed E-state index contributed by atoms with van der Waals surface area (Å²) >= 11 is 6.10. The van der Waals surface area contributed by atoms with Crippen LogP contribution in [0.25, 0.3) is 5.76 Å². The standard InChI is InChI=1S/C24H26ClNO5/c1-4-15-6-8-16(9-7-15)21-20(23(28)24(29)26(21)12-5-13-30-2)22(27)17-10-11-18(25)19(14-17)31-3/h6-11,14,21,27H,4-5,12-13H2,1-3H3/b22-20-. The van der Waals surface area contributed by atoms with Gasteiger partial charge in [-0.3, -0.25) is 9.59 Å². The van der Waals surface area contributed by atoms with E-state index in [1.165, 1.54) is 12.0 Å². The van der Waals surface area contributed by atoms with Crippen LogP contribution in [-0.4, -0.2) is 49.1 Å². The molecule has 2 aromatic rings.